The molecular formula is C22H24OP+. The number of hydrogen-bond acceptors (Lipinski definition) is 1. The molecular weight excluding hydrogens is 311 g/mol. The zero-order valence-corrected chi connectivity index (χ0v) is 15.2. The van der Waals surface area contributed by atoms with E-state index in [1.165, 1.54) is 15.9 Å². The first kappa shape index (κ1) is 16.9. The van der Waals surface area contributed by atoms with Crippen molar-refractivity contribution in [3.8, 4) is 0 Å². The van der Waals surface area contributed by atoms with E-state index in [4.69, 9.17) is 4.74 Å². The molecule has 0 heterocycles. The minimum absolute atomic E-state index is 0.193. The van der Waals surface area contributed by atoms with Crippen molar-refractivity contribution in [1.82, 2.24) is 0 Å². The molecule has 0 bridgehead atoms. The molecule has 122 valence electrons. The van der Waals surface area contributed by atoms with Crippen LogP contribution in [0.3, 0.4) is 0 Å². The van der Waals surface area contributed by atoms with Crippen LogP contribution in [0.25, 0.3) is 0 Å². The van der Waals surface area contributed by atoms with E-state index in [0.29, 0.717) is 0 Å². The number of ether oxygens (including phenoxy) is 1. The average molecular weight is 335 g/mol. The van der Waals surface area contributed by atoms with Gasteiger partial charge in [-0.1, -0.05) is 54.6 Å². The van der Waals surface area contributed by atoms with E-state index in [2.05, 4.69) is 97.9 Å². The van der Waals surface area contributed by atoms with Gasteiger partial charge in [-0.05, 0) is 43.3 Å². The van der Waals surface area contributed by atoms with E-state index in [1.807, 2.05) is 0 Å². The molecule has 0 aromatic heterocycles. The van der Waals surface area contributed by atoms with Crippen molar-refractivity contribution in [3.63, 3.8) is 0 Å². The van der Waals surface area contributed by atoms with Gasteiger partial charge in [0.2, 0.25) is 0 Å². The van der Waals surface area contributed by atoms with Gasteiger partial charge in [-0.15, -0.1) is 0 Å². The Bertz CT molecular complexity index is 644. The van der Waals surface area contributed by atoms with Crippen molar-refractivity contribution in [1.29, 1.82) is 0 Å². The van der Waals surface area contributed by atoms with Gasteiger partial charge in [-0.3, -0.25) is 0 Å². The summed E-state index contributed by atoms with van der Waals surface area (Å²) in [5, 5.41) is 4.23. The van der Waals surface area contributed by atoms with Crippen LogP contribution in [0.15, 0.2) is 91.0 Å². The van der Waals surface area contributed by atoms with Gasteiger partial charge in [0.15, 0.2) is 0 Å². The van der Waals surface area contributed by atoms with E-state index < -0.39 is 7.26 Å². The monoisotopic (exact) mass is 335 g/mol. The second kappa shape index (κ2) is 7.75. The molecule has 0 fully saturated rings. The summed E-state index contributed by atoms with van der Waals surface area (Å²) in [6.45, 7) is 2.17. The fourth-order valence-electron chi connectivity index (χ4n) is 3.27. The summed E-state index contributed by atoms with van der Waals surface area (Å²) >= 11 is 0. The van der Waals surface area contributed by atoms with Crippen LogP contribution in [-0.2, 0) is 4.74 Å². The Morgan fingerprint density at radius 1 is 0.667 bits per heavy atom. The number of hydrogen-bond donors (Lipinski definition) is 0. The quantitative estimate of drug-likeness (QED) is 0.618. The number of methoxy groups -OCH3 is 1. The first-order valence-electron chi connectivity index (χ1n) is 8.35. The summed E-state index contributed by atoms with van der Waals surface area (Å²) in [5.41, 5.74) is 0. The van der Waals surface area contributed by atoms with E-state index in [-0.39, 0.29) is 6.10 Å². The molecule has 0 saturated heterocycles. The van der Waals surface area contributed by atoms with Crippen LogP contribution in [-0.4, -0.2) is 19.4 Å². The summed E-state index contributed by atoms with van der Waals surface area (Å²) in [7, 11) is 0.0550. The largest absolute Gasteiger partial charge is 0.378 e. The van der Waals surface area contributed by atoms with Crippen molar-refractivity contribution < 1.29 is 4.74 Å². The Kier molecular flexibility index (Phi) is 5.45. The van der Waals surface area contributed by atoms with Crippen molar-refractivity contribution in [2.75, 3.05) is 13.3 Å². The molecule has 0 aliphatic carbocycles. The van der Waals surface area contributed by atoms with Crippen LogP contribution in [0.2, 0.25) is 0 Å². The fraction of sp³-hybridized carbons (Fsp3) is 0.182. The summed E-state index contributed by atoms with van der Waals surface area (Å²) in [5.74, 6) is 0. The van der Waals surface area contributed by atoms with Gasteiger partial charge < -0.3 is 4.74 Å². The third kappa shape index (κ3) is 3.29. The molecule has 2 heteroatoms. The van der Waals surface area contributed by atoms with Crippen LogP contribution in [0, 0.1) is 0 Å². The average Bonchev–Trinajstić information content (AvgIpc) is 2.68. The molecule has 0 radical (unpaired) electrons. The van der Waals surface area contributed by atoms with Crippen molar-refractivity contribution >= 4 is 23.2 Å². The predicted octanol–water partition coefficient (Wildman–Crippen LogP) is 4.02. The highest BCUT2D eigenvalue weighted by Crippen LogP contribution is 2.55. The maximum atomic E-state index is 5.70. The van der Waals surface area contributed by atoms with E-state index >= 15 is 0 Å². The molecule has 3 aromatic carbocycles. The van der Waals surface area contributed by atoms with Gasteiger partial charge in [0.05, 0.1) is 12.3 Å². The standard InChI is InChI=1S/C22H24OP/c1-19(23-2)18-24(20-12-6-3-7-13-20,21-14-8-4-9-15-21)22-16-10-5-11-17-22/h3-17,19H,18H2,1-2H3/q+1/t19-/m1/s1. The maximum Gasteiger partial charge on any atom is 0.114 e. The Morgan fingerprint density at radius 2 is 1.00 bits per heavy atom. The Hall–Kier alpha value is -1.95. The molecule has 0 spiro atoms. The van der Waals surface area contributed by atoms with Gasteiger partial charge in [0.1, 0.15) is 23.2 Å². The highest BCUT2D eigenvalue weighted by molar-refractivity contribution is 7.95. The van der Waals surface area contributed by atoms with Gasteiger partial charge >= 0.3 is 0 Å². The molecule has 3 rings (SSSR count). The van der Waals surface area contributed by atoms with Crippen molar-refractivity contribution in [2.24, 2.45) is 0 Å². The second-order valence-electron chi connectivity index (χ2n) is 6.05. The predicted molar refractivity (Wildman–Crippen MR) is 106 cm³/mol. The molecule has 0 aliphatic heterocycles. The van der Waals surface area contributed by atoms with Crippen molar-refractivity contribution in [2.45, 2.75) is 13.0 Å². The Balaban J connectivity index is 2.28. The maximum absolute atomic E-state index is 5.70. The molecule has 0 amide bonds. The highest BCUT2D eigenvalue weighted by atomic mass is 31.2. The zero-order valence-electron chi connectivity index (χ0n) is 14.3. The summed E-state index contributed by atoms with van der Waals surface area (Å²) in [4.78, 5) is 0. The Morgan fingerprint density at radius 3 is 1.29 bits per heavy atom. The molecule has 0 aliphatic rings. The Labute approximate surface area is 145 Å². The summed E-state index contributed by atoms with van der Waals surface area (Å²) in [6.07, 6.45) is 1.20. The number of benzene rings is 3. The smallest absolute Gasteiger partial charge is 0.114 e. The SMILES string of the molecule is CO[C@H](C)C[P+](c1ccccc1)(c1ccccc1)c1ccccc1. The normalized spacial score (nSPS) is 12.8. The lowest BCUT2D eigenvalue weighted by atomic mass is 10.3. The highest BCUT2D eigenvalue weighted by Gasteiger charge is 2.46. The molecule has 1 atom stereocenters. The van der Waals surface area contributed by atoms with Crippen LogP contribution < -0.4 is 15.9 Å². The first-order chi connectivity index (χ1) is 11.8. The lowest BCUT2D eigenvalue weighted by molar-refractivity contribution is 0.137. The topological polar surface area (TPSA) is 9.23 Å². The lowest BCUT2D eigenvalue weighted by Gasteiger charge is -2.29. The van der Waals surface area contributed by atoms with Gasteiger partial charge in [0.25, 0.3) is 0 Å². The van der Waals surface area contributed by atoms with Crippen molar-refractivity contribution in [3.05, 3.63) is 91.0 Å². The molecule has 0 N–H and O–H groups in total. The molecule has 0 unspecified atom stereocenters. The molecule has 3 aromatic rings. The lowest BCUT2D eigenvalue weighted by Crippen LogP contribution is -2.36. The molecule has 1 nitrogen and oxygen atoms in total. The minimum Gasteiger partial charge on any atom is -0.378 e. The minimum atomic E-state index is -1.75. The second-order valence-corrected chi connectivity index (χ2v) is 9.58. The van der Waals surface area contributed by atoms with Crippen LogP contribution in [0.1, 0.15) is 6.92 Å². The summed E-state index contributed by atoms with van der Waals surface area (Å²) < 4.78 is 5.70. The van der Waals surface area contributed by atoms with Gasteiger partial charge in [-0.2, -0.15) is 0 Å². The van der Waals surface area contributed by atoms with E-state index in [0.717, 1.165) is 6.16 Å². The van der Waals surface area contributed by atoms with E-state index in [9.17, 15) is 0 Å². The fourth-order valence-corrected chi connectivity index (χ4v) is 7.76. The van der Waals surface area contributed by atoms with Crippen LogP contribution in [0.5, 0.6) is 0 Å². The summed E-state index contributed by atoms with van der Waals surface area (Å²) in [6, 6.07) is 32.8. The molecule has 24 heavy (non-hydrogen) atoms. The zero-order chi connectivity index (χ0) is 16.8. The first-order valence-corrected chi connectivity index (χ1v) is 10.3. The third-order valence-corrected chi connectivity index (χ3v) is 9.13. The third-order valence-electron chi connectivity index (χ3n) is 4.52. The number of rotatable bonds is 6. The molecule has 0 saturated carbocycles. The van der Waals surface area contributed by atoms with Gasteiger partial charge in [0, 0.05) is 7.11 Å². The van der Waals surface area contributed by atoms with Crippen LogP contribution in [0.4, 0.5) is 0 Å². The van der Waals surface area contributed by atoms with E-state index in [1.54, 1.807) is 7.11 Å². The van der Waals surface area contributed by atoms with Gasteiger partial charge in [-0.25, -0.2) is 0 Å². The van der Waals surface area contributed by atoms with Crippen LogP contribution >= 0.6 is 7.26 Å².